The SMILES string of the molecule is Cc1cc(C)c(-c2[nH]c3ccccc3[nH+]2)c(C)c1. The molecule has 0 aliphatic rings. The zero-order valence-corrected chi connectivity index (χ0v) is 11.0. The topological polar surface area (TPSA) is 29.9 Å². The first-order valence-electron chi connectivity index (χ1n) is 6.23. The largest absolute Gasteiger partial charge is 0.285 e. The Morgan fingerprint density at radius 2 is 1.61 bits per heavy atom. The number of fused-ring (bicyclic) bond motifs is 1. The van der Waals surface area contributed by atoms with Crippen molar-refractivity contribution in [1.82, 2.24) is 4.98 Å². The first kappa shape index (κ1) is 11.0. The summed E-state index contributed by atoms with van der Waals surface area (Å²) in [4.78, 5) is 6.91. The van der Waals surface area contributed by atoms with Crippen LogP contribution in [0, 0.1) is 20.8 Å². The van der Waals surface area contributed by atoms with Crippen LogP contribution < -0.4 is 4.98 Å². The Morgan fingerprint density at radius 3 is 2.28 bits per heavy atom. The number of imidazole rings is 1. The van der Waals surface area contributed by atoms with Gasteiger partial charge in [-0.15, -0.1) is 0 Å². The average Bonchev–Trinajstić information content (AvgIpc) is 2.70. The monoisotopic (exact) mass is 237 g/mol. The summed E-state index contributed by atoms with van der Waals surface area (Å²) < 4.78 is 0. The highest BCUT2D eigenvalue weighted by Crippen LogP contribution is 2.25. The second-order valence-corrected chi connectivity index (χ2v) is 4.94. The lowest BCUT2D eigenvalue weighted by atomic mass is 9.99. The van der Waals surface area contributed by atoms with Gasteiger partial charge in [-0.1, -0.05) is 29.8 Å². The molecule has 0 aliphatic heterocycles. The quantitative estimate of drug-likeness (QED) is 0.670. The van der Waals surface area contributed by atoms with Gasteiger partial charge in [-0.2, -0.15) is 0 Å². The lowest BCUT2D eigenvalue weighted by Crippen LogP contribution is -2.05. The number of aryl methyl sites for hydroxylation is 3. The van der Waals surface area contributed by atoms with Gasteiger partial charge in [0.15, 0.2) is 11.0 Å². The van der Waals surface area contributed by atoms with Crippen LogP contribution in [-0.4, -0.2) is 4.98 Å². The standard InChI is InChI=1S/C16H16N2/c1-10-8-11(2)15(12(3)9-10)16-17-13-6-4-5-7-14(13)18-16/h4-9H,1-3H3,(H,17,18)/p+1. The highest BCUT2D eigenvalue weighted by Gasteiger charge is 2.16. The summed E-state index contributed by atoms with van der Waals surface area (Å²) in [5, 5.41) is 0. The molecule has 90 valence electrons. The number of aromatic amines is 2. The van der Waals surface area contributed by atoms with Crippen LogP contribution in [0.2, 0.25) is 0 Å². The fraction of sp³-hybridized carbons (Fsp3) is 0.188. The van der Waals surface area contributed by atoms with E-state index in [0.29, 0.717) is 0 Å². The molecule has 18 heavy (non-hydrogen) atoms. The molecular formula is C16H17N2+. The second-order valence-electron chi connectivity index (χ2n) is 4.94. The molecule has 2 heteroatoms. The van der Waals surface area contributed by atoms with E-state index >= 15 is 0 Å². The second kappa shape index (κ2) is 3.98. The Kier molecular flexibility index (Phi) is 2.44. The van der Waals surface area contributed by atoms with Gasteiger partial charge in [-0.3, -0.25) is 0 Å². The molecule has 3 aromatic rings. The van der Waals surface area contributed by atoms with E-state index in [-0.39, 0.29) is 0 Å². The Labute approximate surface area is 107 Å². The number of hydrogen-bond donors (Lipinski definition) is 1. The predicted octanol–water partition coefficient (Wildman–Crippen LogP) is 3.57. The van der Waals surface area contributed by atoms with Gasteiger partial charge < -0.3 is 0 Å². The molecular weight excluding hydrogens is 220 g/mol. The Morgan fingerprint density at radius 1 is 0.944 bits per heavy atom. The minimum Gasteiger partial charge on any atom is -0.237 e. The third-order valence-corrected chi connectivity index (χ3v) is 3.37. The zero-order valence-electron chi connectivity index (χ0n) is 11.0. The summed E-state index contributed by atoms with van der Waals surface area (Å²) in [6, 6.07) is 12.7. The van der Waals surface area contributed by atoms with E-state index in [1.807, 2.05) is 12.1 Å². The normalized spacial score (nSPS) is 11.1. The summed E-state index contributed by atoms with van der Waals surface area (Å²) in [7, 11) is 0. The van der Waals surface area contributed by atoms with E-state index in [0.717, 1.165) is 16.9 Å². The molecule has 2 N–H and O–H groups in total. The van der Waals surface area contributed by atoms with Crippen molar-refractivity contribution in [1.29, 1.82) is 0 Å². The van der Waals surface area contributed by atoms with Gasteiger partial charge in [-0.05, 0) is 44.0 Å². The fourth-order valence-corrected chi connectivity index (χ4v) is 2.70. The van der Waals surface area contributed by atoms with Crippen LogP contribution >= 0.6 is 0 Å². The predicted molar refractivity (Wildman–Crippen MR) is 74.5 cm³/mol. The van der Waals surface area contributed by atoms with Gasteiger partial charge in [0.2, 0.25) is 0 Å². The van der Waals surface area contributed by atoms with E-state index in [9.17, 15) is 0 Å². The first-order valence-corrected chi connectivity index (χ1v) is 6.23. The Hall–Kier alpha value is -2.09. The van der Waals surface area contributed by atoms with E-state index in [2.05, 4.69) is 55.0 Å². The Balaban J connectivity index is 2.26. The molecule has 2 nitrogen and oxygen atoms in total. The molecule has 0 fully saturated rings. The third kappa shape index (κ3) is 1.70. The summed E-state index contributed by atoms with van der Waals surface area (Å²) in [6.07, 6.45) is 0. The lowest BCUT2D eigenvalue weighted by molar-refractivity contribution is -0.330. The molecule has 0 saturated carbocycles. The van der Waals surface area contributed by atoms with Gasteiger partial charge in [0.1, 0.15) is 0 Å². The van der Waals surface area contributed by atoms with Crippen LogP contribution in [0.1, 0.15) is 16.7 Å². The number of rotatable bonds is 1. The number of nitrogens with one attached hydrogen (secondary N) is 2. The van der Waals surface area contributed by atoms with E-state index in [1.54, 1.807) is 0 Å². The summed E-state index contributed by atoms with van der Waals surface area (Å²) >= 11 is 0. The summed E-state index contributed by atoms with van der Waals surface area (Å²) in [5.74, 6) is 1.09. The highest BCUT2D eigenvalue weighted by molar-refractivity contribution is 5.75. The molecule has 0 aliphatic carbocycles. The first-order chi connectivity index (χ1) is 8.65. The summed E-state index contributed by atoms with van der Waals surface area (Å²) in [5.41, 5.74) is 7.48. The maximum atomic E-state index is 3.46. The van der Waals surface area contributed by atoms with Crippen LogP contribution in [0.15, 0.2) is 36.4 Å². The minimum atomic E-state index is 1.09. The molecule has 0 radical (unpaired) electrons. The Bertz CT molecular complexity index is 667. The molecule has 0 spiro atoms. The molecule has 1 aromatic heterocycles. The molecule has 3 rings (SSSR count). The number of hydrogen-bond acceptors (Lipinski definition) is 0. The molecule has 0 atom stereocenters. The van der Waals surface area contributed by atoms with Gasteiger partial charge >= 0.3 is 0 Å². The van der Waals surface area contributed by atoms with Gasteiger partial charge in [0, 0.05) is 0 Å². The molecule has 0 saturated heterocycles. The van der Waals surface area contributed by atoms with Crippen LogP contribution in [0.4, 0.5) is 0 Å². The molecule has 0 bridgehead atoms. The fourth-order valence-electron chi connectivity index (χ4n) is 2.70. The van der Waals surface area contributed by atoms with Crippen molar-refractivity contribution in [2.75, 3.05) is 0 Å². The number of H-pyrrole nitrogens is 2. The number of benzene rings is 2. The van der Waals surface area contributed by atoms with E-state index in [4.69, 9.17) is 0 Å². The van der Waals surface area contributed by atoms with E-state index < -0.39 is 0 Å². The third-order valence-electron chi connectivity index (χ3n) is 3.37. The molecule has 1 heterocycles. The van der Waals surface area contributed by atoms with Crippen molar-refractivity contribution >= 4 is 11.0 Å². The molecule has 0 unspecified atom stereocenters. The van der Waals surface area contributed by atoms with Gasteiger partial charge in [-0.25, -0.2) is 9.97 Å². The van der Waals surface area contributed by atoms with Crippen LogP contribution in [0.25, 0.3) is 22.4 Å². The maximum absolute atomic E-state index is 3.46. The van der Waals surface area contributed by atoms with Crippen molar-refractivity contribution in [2.45, 2.75) is 20.8 Å². The van der Waals surface area contributed by atoms with Crippen LogP contribution in [0.3, 0.4) is 0 Å². The van der Waals surface area contributed by atoms with Crippen molar-refractivity contribution < 1.29 is 4.98 Å². The smallest absolute Gasteiger partial charge is 0.237 e. The highest BCUT2D eigenvalue weighted by atomic mass is 14.9. The van der Waals surface area contributed by atoms with Gasteiger partial charge in [0.05, 0.1) is 5.56 Å². The maximum Gasteiger partial charge on any atom is 0.285 e. The van der Waals surface area contributed by atoms with Crippen molar-refractivity contribution in [3.8, 4) is 11.4 Å². The van der Waals surface area contributed by atoms with Crippen molar-refractivity contribution in [3.63, 3.8) is 0 Å². The zero-order chi connectivity index (χ0) is 12.7. The van der Waals surface area contributed by atoms with Crippen LogP contribution in [-0.2, 0) is 0 Å². The molecule has 2 aromatic carbocycles. The minimum absolute atomic E-state index is 1.09. The lowest BCUT2D eigenvalue weighted by Gasteiger charge is -2.05. The van der Waals surface area contributed by atoms with Crippen molar-refractivity contribution in [2.24, 2.45) is 0 Å². The number of aromatic nitrogens is 2. The van der Waals surface area contributed by atoms with Gasteiger partial charge in [0.25, 0.3) is 5.82 Å². The summed E-state index contributed by atoms with van der Waals surface area (Å²) in [6.45, 7) is 6.46. The van der Waals surface area contributed by atoms with E-state index in [1.165, 1.54) is 22.3 Å². The molecule has 0 amide bonds. The number of para-hydroxylation sites is 2. The van der Waals surface area contributed by atoms with Crippen molar-refractivity contribution in [3.05, 3.63) is 53.1 Å². The van der Waals surface area contributed by atoms with Crippen LogP contribution in [0.5, 0.6) is 0 Å². The average molecular weight is 237 g/mol.